The van der Waals surface area contributed by atoms with Crippen LogP contribution < -0.4 is 10.6 Å². The van der Waals surface area contributed by atoms with Gasteiger partial charge in [-0.2, -0.15) is 0 Å². The third kappa shape index (κ3) is 3.86. The number of halogens is 1. The van der Waals surface area contributed by atoms with Crippen molar-refractivity contribution in [2.45, 2.75) is 46.5 Å². The molecule has 3 nitrogen and oxygen atoms in total. The second-order valence-electron chi connectivity index (χ2n) is 6.97. The summed E-state index contributed by atoms with van der Waals surface area (Å²) in [7, 11) is 0. The smallest absolute Gasteiger partial charge is 0.223 e. The van der Waals surface area contributed by atoms with E-state index in [1.807, 2.05) is 0 Å². The second kappa shape index (κ2) is 5.79. The summed E-state index contributed by atoms with van der Waals surface area (Å²) < 4.78 is 0. The molecular weight excluding hydrogens is 248 g/mol. The molecule has 1 atom stereocenters. The Morgan fingerprint density at radius 1 is 1.33 bits per heavy atom. The highest BCUT2D eigenvalue weighted by Crippen LogP contribution is 2.58. The fraction of sp³-hybridized carbons (Fsp3) is 0.929. The quantitative estimate of drug-likeness (QED) is 0.830. The van der Waals surface area contributed by atoms with Crippen LogP contribution in [0.4, 0.5) is 0 Å². The SMILES string of the molecule is CC(C)(C)CCNC(=O)C1CC12CCNCC2.Cl. The maximum atomic E-state index is 12.0. The van der Waals surface area contributed by atoms with Crippen LogP contribution >= 0.6 is 12.4 Å². The van der Waals surface area contributed by atoms with E-state index < -0.39 is 0 Å². The van der Waals surface area contributed by atoms with Gasteiger partial charge in [-0.3, -0.25) is 4.79 Å². The fourth-order valence-corrected chi connectivity index (χ4v) is 2.88. The minimum atomic E-state index is 0. The zero-order chi connectivity index (χ0) is 12.5. The number of piperidine rings is 1. The molecule has 1 amide bonds. The molecule has 0 radical (unpaired) electrons. The minimum absolute atomic E-state index is 0. The Hall–Kier alpha value is -0.280. The molecule has 4 heteroatoms. The van der Waals surface area contributed by atoms with E-state index in [4.69, 9.17) is 0 Å². The lowest BCUT2D eigenvalue weighted by atomic mass is 9.91. The van der Waals surface area contributed by atoms with Crippen molar-refractivity contribution in [3.8, 4) is 0 Å². The van der Waals surface area contributed by atoms with Crippen LogP contribution in [-0.4, -0.2) is 25.5 Å². The Morgan fingerprint density at radius 2 is 1.94 bits per heavy atom. The van der Waals surface area contributed by atoms with E-state index in [2.05, 4.69) is 31.4 Å². The van der Waals surface area contributed by atoms with Crippen LogP contribution in [0.1, 0.15) is 46.5 Å². The van der Waals surface area contributed by atoms with E-state index in [0.29, 0.717) is 22.7 Å². The summed E-state index contributed by atoms with van der Waals surface area (Å²) in [5.74, 6) is 0.612. The molecule has 1 saturated heterocycles. The monoisotopic (exact) mass is 274 g/mol. The first kappa shape index (κ1) is 15.8. The van der Waals surface area contributed by atoms with Gasteiger partial charge in [-0.25, -0.2) is 0 Å². The largest absolute Gasteiger partial charge is 0.356 e. The lowest BCUT2D eigenvalue weighted by molar-refractivity contribution is -0.123. The first-order valence-corrected chi connectivity index (χ1v) is 6.91. The molecule has 0 aromatic carbocycles. The van der Waals surface area contributed by atoms with Gasteiger partial charge >= 0.3 is 0 Å². The molecular formula is C14H27ClN2O. The Balaban J connectivity index is 0.00000162. The fourth-order valence-electron chi connectivity index (χ4n) is 2.88. The molecule has 0 aromatic rings. The molecule has 0 aromatic heterocycles. The van der Waals surface area contributed by atoms with E-state index in [1.165, 1.54) is 12.8 Å². The van der Waals surface area contributed by atoms with Gasteiger partial charge in [-0.15, -0.1) is 12.4 Å². The number of carbonyl (C=O) groups excluding carboxylic acids is 1. The van der Waals surface area contributed by atoms with Crippen LogP contribution in [0.15, 0.2) is 0 Å². The van der Waals surface area contributed by atoms with Gasteiger partial charge in [0.15, 0.2) is 0 Å². The van der Waals surface area contributed by atoms with Gasteiger partial charge in [0.05, 0.1) is 0 Å². The molecule has 2 N–H and O–H groups in total. The van der Waals surface area contributed by atoms with E-state index in [1.54, 1.807) is 0 Å². The molecule has 1 aliphatic heterocycles. The topological polar surface area (TPSA) is 41.1 Å². The average molecular weight is 275 g/mol. The third-order valence-corrected chi connectivity index (χ3v) is 4.28. The van der Waals surface area contributed by atoms with Crippen LogP contribution in [0.3, 0.4) is 0 Å². The zero-order valence-corrected chi connectivity index (χ0v) is 12.7. The van der Waals surface area contributed by atoms with Crippen LogP contribution in [0.5, 0.6) is 0 Å². The molecule has 0 bridgehead atoms. The van der Waals surface area contributed by atoms with Crippen molar-refractivity contribution >= 4 is 18.3 Å². The Bertz CT molecular complexity index is 293. The normalized spacial score (nSPS) is 25.4. The van der Waals surface area contributed by atoms with E-state index >= 15 is 0 Å². The van der Waals surface area contributed by atoms with Gasteiger partial charge < -0.3 is 10.6 Å². The third-order valence-electron chi connectivity index (χ3n) is 4.28. The highest BCUT2D eigenvalue weighted by Gasteiger charge is 2.57. The summed E-state index contributed by atoms with van der Waals surface area (Å²) in [6.45, 7) is 9.64. The predicted molar refractivity (Wildman–Crippen MR) is 77.0 cm³/mol. The summed E-state index contributed by atoms with van der Waals surface area (Å²) in [4.78, 5) is 12.0. The van der Waals surface area contributed by atoms with Crippen LogP contribution in [0, 0.1) is 16.7 Å². The molecule has 1 aliphatic carbocycles. The summed E-state index contributed by atoms with van der Waals surface area (Å²) in [5.41, 5.74) is 0.681. The molecule has 1 heterocycles. The van der Waals surface area contributed by atoms with Crippen molar-refractivity contribution in [2.75, 3.05) is 19.6 Å². The Morgan fingerprint density at radius 3 is 2.50 bits per heavy atom. The van der Waals surface area contributed by atoms with Crippen LogP contribution in [-0.2, 0) is 4.79 Å². The number of carbonyl (C=O) groups is 1. The maximum absolute atomic E-state index is 12.0. The number of rotatable bonds is 3. The Kier molecular flexibility index (Phi) is 5.07. The van der Waals surface area contributed by atoms with Gasteiger partial charge in [-0.1, -0.05) is 20.8 Å². The van der Waals surface area contributed by atoms with Crippen molar-refractivity contribution in [3.05, 3.63) is 0 Å². The van der Waals surface area contributed by atoms with Gasteiger partial charge in [0.1, 0.15) is 0 Å². The highest BCUT2D eigenvalue weighted by atomic mass is 35.5. The molecule has 106 valence electrons. The van der Waals surface area contributed by atoms with E-state index in [9.17, 15) is 4.79 Å². The summed E-state index contributed by atoms with van der Waals surface area (Å²) >= 11 is 0. The van der Waals surface area contributed by atoms with Crippen molar-refractivity contribution in [2.24, 2.45) is 16.7 Å². The molecule has 1 spiro atoms. The van der Waals surface area contributed by atoms with Crippen LogP contribution in [0.2, 0.25) is 0 Å². The van der Waals surface area contributed by atoms with Gasteiger partial charge in [-0.05, 0) is 49.6 Å². The number of nitrogens with one attached hydrogen (secondary N) is 2. The van der Waals surface area contributed by atoms with Crippen molar-refractivity contribution in [1.82, 2.24) is 10.6 Å². The lowest BCUT2D eigenvalue weighted by Crippen LogP contribution is -2.34. The van der Waals surface area contributed by atoms with E-state index in [0.717, 1.165) is 32.5 Å². The van der Waals surface area contributed by atoms with Gasteiger partial charge in [0, 0.05) is 12.5 Å². The first-order valence-electron chi connectivity index (χ1n) is 6.91. The summed E-state index contributed by atoms with van der Waals surface area (Å²) in [6, 6.07) is 0. The molecule has 18 heavy (non-hydrogen) atoms. The summed E-state index contributed by atoms with van der Waals surface area (Å²) in [6.07, 6.45) is 4.55. The van der Waals surface area contributed by atoms with Gasteiger partial charge in [0.2, 0.25) is 5.91 Å². The molecule has 1 unspecified atom stereocenters. The standard InChI is InChI=1S/C14H26N2O.ClH/c1-13(2,3)4-9-16-12(17)11-10-14(11)5-7-15-8-6-14;/h11,15H,4-10H2,1-3H3,(H,16,17);1H. The molecule has 2 fully saturated rings. The van der Waals surface area contributed by atoms with E-state index in [-0.39, 0.29) is 12.4 Å². The predicted octanol–water partition coefficient (Wildman–Crippen LogP) is 2.35. The molecule has 1 saturated carbocycles. The number of amides is 1. The van der Waals surface area contributed by atoms with Crippen molar-refractivity contribution < 1.29 is 4.79 Å². The van der Waals surface area contributed by atoms with Gasteiger partial charge in [0.25, 0.3) is 0 Å². The highest BCUT2D eigenvalue weighted by molar-refractivity contribution is 5.85. The minimum Gasteiger partial charge on any atom is -0.356 e. The molecule has 2 aliphatic rings. The lowest BCUT2D eigenvalue weighted by Gasteiger charge is -2.23. The number of hydrogen-bond acceptors (Lipinski definition) is 2. The zero-order valence-electron chi connectivity index (χ0n) is 11.8. The van der Waals surface area contributed by atoms with Crippen molar-refractivity contribution in [3.63, 3.8) is 0 Å². The number of hydrogen-bond donors (Lipinski definition) is 2. The summed E-state index contributed by atoms with van der Waals surface area (Å²) in [5, 5.41) is 6.48. The second-order valence-corrected chi connectivity index (χ2v) is 6.97. The van der Waals surface area contributed by atoms with Crippen LogP contribution in [0.25, 0.3) is 0 Å². The Labute approximate surface area is 117 Å². The first-order chi connectivity index (χ1) is 7.93. The maximum Gasteiger partial charge on any atom is 0.223 e. The molecule has 2 rings (SSSR count). The average Bonchev–Trinajstić information content (AvgIpc) is 2.91. The van der Waals surface area contributed by atoms with Crippen molar-refractivity contribution in [1.29, 1.82) is 0 Å².